The van der Waals surface area contributed by atoms with Crippen molar-refractivity contribution >= 4 is 34.5 Å². The monoisotopic (exact) mass is 430 g/mol. The molecule has 0 radical (unpaired) electrons. The molecule has 1 aliphatic heterocycles. The maximum Gasteiger partial charge on any atom is 0.416 e. The van der Waals surface area contributed by atoms with E-state index in [-0.39, 0.29) is 0 Å². The van der Waals surface area contributed by atoms with Gasteiger partial charge in [0.25, 0.3) is 0 Å². The number of para-hydroxylation sites is 2. The topological polar surface area (TPSA) is 62.4 Å². The molecule has 3 aromatic carbocycles. The Morgan fingerprint density at radius 1 is 0.967 bits per heavy atom. The zero-order valence-electron chi connectivity index (χ0n) is 15.7. The van der Waals surface area contributed by atoms with E-state index in [0.717, 1.165) is 23.4 Å². The molecular weight excluding hydrogens is 413 g/mol. The minimum absolute atomic E-state index is 0.380. The van der Waals surface area contributed by atoms with Crippen molar-refractivity contribution in [2.45, 2.75) is 18.3 Å². The summed E-state index contributed by atoms with van der Waals surface area (Å²) < 4.78 is 38.6. The number of rotatable bonds is 3. The van der Waals surface area contributed by atoms with Gasteiger partial charge in [0.1, 0.15) is 11.5 Å². The molecule has 1 aliphatic rings. The first-order valence-corrected chi connectivity index (χ1v) is 9.55. The molecule has 1 heterocycles. The van der Waals surface area contributed by atoms with Gasteiger partial charge in [0.05, 0.1) is 16.9 Å². The van der Waals surface area contributed by atoms with Crippen LogP contribution in [0, 0.1) is 0 Å². The SMILES string of the molecule is NC1(Cc2ccc(Cl)cc2)Nc2ccccc2N=C1Nc1ccc(C(F)(F)F)cc1. The molecule has 0 saturated heterocycles. The lowest BCUT2D eigenvalue weighted by molar-refractivity contribution is -0.137. The summed E-state index contributed by atoms with van der Waals surface area (Å²) in [6, 6.07) is 19.5. The minimum Gasteiger partial charge on any atom is -0.359 e. The fraction of sp³-hybridized carbons (Fsp3) is 0.136. The minimum atomic E-state index is -4.40. The highest BCUT2D eigenvalue weighted by Gasteiger charge is 2.36. The zero-order valence-corrected chi connectivity index (χ0v) is 16.4. The number of halogens is 4. The number of hydrogen-bond donors (Lipinski definition) is 3. The number of benzene rings is 3. The Balaban J connectivity index is 1.67. The summed E-state index contributed by atoms with van der Waals surface area (Å²) in [7, 11) is 0. The third kappa shape index (κ3) is 4.27. The van der Waals surface area contributed by atoms with Crippen molar-refractivity contribution in [1.29, 1.82) is 0 Å². The van der Waals surface area contributed by atoms with Crippen LogP contribution in [0.5, 0.6) is 0 Å². The predicted molar refractivity (Wildman–Crippen MR) is 114 cm³/mol. The first-order chi connectivity index (χ1) is 14.2. The third-order valence-electron chi connectivity index (χ3n) is 4.79. The molecule has 1 unspecified atom stereocenters. The summed E-state index contributed by atoms with van der Waals surface area (Å²) in [5, 5.41) is 7.02. The average molecular weight is 431 g/mol. The van der Waals surface area contributed by atoms with Gasteiger partial charge in [-0.3, -0.25) is 0 Å². The van der Waals surface area contributed by atoms with Crippen molar-refractivity contribution in [3.8, 4) is 0 Å². The highest BCUT2D eigenvalue weighted by Crippen LogP contribution is 2.34. The largest absolute Gasteiger partial charge is 0.416 e. The average Bonchev–Trinajstić information content (AvgIpc) is 2.70. The van der Waals surface area contributed by atoms with E-state index in [1.807, 2.05) is 36.4 Å². The number of anilines is 2. The molecule has 0 aromatic heterocycles. The van der Waals surface area contributed by atoms with E-state index < -0.39 is 17.4 Å². The van der Waals surface area contributed by atoms with Crippen molar-refractivity contribution < 1.29 is 13.2 Å². The number of hydrogen-bond acceptors (Lipinski definition) is 4. The summed E-state index contributed by atoms with van der Waals surface area (Å²) in [6.45, 7) is 0. The predicted octanol–water partition coefficient (Wildman–Crippen LogP) is 5.82. The highest BCUT2D eigenvalue weighted by atomic mass is 35.5. The Bertz CT molecular complexity index is 1080. The summed E-state index contributed by atoms with van der Waals surface area (Å²) in [6.07, 6.45) is -4.02. The lowest BCUT2D eigenvalue weighted by Crippen LogP contribution is -2.60. The first-order valence-electron chi connectivity index (χ1n) is 9.17. The Hall–Kier alpha value is -3.03. The molecule has 8 heteroatoms. The standard InChI is InChI=1S/C22H18ClF3N4/c23-16-9-5-14(6-10-16)13-21(27)20(29-18-3-1-2-4-19(18)30-21)28-17-11-7-15(8-12-17)22(24,25)26/h1-12,30H,13,27H2,(H,28,29). The molecule has 0 saturated carbocycles. The lowest BCUT2D eigenvalue weighted by atomic mass is 9.96. The maximum absolute atomic E-state index is 12.9. The van der Waals surface area contributed by atoms with Crippen molar-refractivity contribution in [2.75, 3.05) is 10.6 Å². The van der Waals surface area contributed by atoms with Crippen LogP contribution in [-0.2, 0) is 12.6 Å². The van der Waals surface area contributed by atoms with Gasteiger partial charge >= 0.3 is 6.18 Å². The van der Waals surface area contributed by atoms with Crippen LogP contribution in [0.4, 0.5) is 30.2 Å². The number of fused-ring (bicyclic) bond motifs is 1. The van der Waals surface area contributed by atoms with Crippen LogP contribution < -0.4 is 16.4 Å². The molecule has 0 bridgehead atoms. The number of nitrogens with two attached hydrogens (primary N) is 1. The van der Waals surface area contributed by atoms with Gasteiger partial charge in [-0.05, 0) is 54.1 Å². The lowest BCUT2D eigenvalue weighted by Gasteiger charge is -2.37. The van der Waals surface area contributed by atoms with E-state index in [4.69, 9.17) is 17.3 Å². The smallest absolute Gasteiger partial charge is 0.359 e. The molecule has 154 valence electrons. The summed E-state index contributed by atoms with van der Waals surface area (Å²) >= 11 is 5.97. The van der Waals surface area contributed by atoms with E-state index in [0.29, 0.717) is 28.7 Å². The quantitative estimate of drug-likeness (QED) is 0.490. The second-order valence-electron chi connectivity index (χ2n) is 7.08. The van der Waals surface area contributed by atoms with Crippen LogP contribution in [0.1, 0.15) is 11.1 Å². The van der Waals surface area contributed by atoms with E-state index in [9.17, 15) is 13.2 Å². The van der Waals surface area contributed by atoms with Crippen LogP contribution in [0.25, 0.3) is 0 Å². The summed E-state index contributed by atoms with van der Waals surface area (Å²) in [5.74, 6) is 0.399. The van der Waals surface area contributed by atoms with Gasteiger partial charge in [-0.25, -0.2) is 4.99 Å². The highest BCUT2D eigenvalue weighted by molar-refractivity contribution is 6.30. The second-order valence-corrected chi connectivity index (χ2v) is 7.51. The zero-order chi connectivity index (χ0) is 21.4. The fourth-order valence-corrected chi connectivity index (χ4v) is 3.39. The normalized spacial score (nSPS) is 18.2. The molecule has 4 nitrogen and oxygen atoms in total. The molecule has 0 amide bonds. The number of amidine groups is 1. The molecule has 4 rings (SSSR count). The number of aliphatic imine (C=N–C) groups is 1. The van der Waals surface area contributed by atoms with E-state index in [1.54, 1.807) is 12.1 Å². The second kappa shape index (κ2) is 7.66. The summed E-state index contributed by atoms with van der Waals surface area (Å²) in [4.78, 5) is 4.65. The van der Waals surface area contributed by atoms with E-state index >= 15 is 0 Å². The fourth-order valence-electron chi connectivity index (χ4n) is 3.27. The van der Waals surface area contributed by atoms with Crippen LogP contribution >= 0.6 is 11.6 Å². The maximum atomic E-state index is 12.9. The van der Waals surface area contributed by atoms with E-state index in [1.165, 1.54) is 12.1 Å². The first kappa shape index (κ1) is 20.3. The van der Waals surface area contributed by atoms with E-state index in [2.05, 4.69) is 15.6 Å². The molecule has 1 atom stereocenters. The van der Waals surface area contributed by atoms with Gasteiger partial charge < -0.3 is 16.4 Å². The Morgan fingerprint density at radius 3 is 2.30 bits per heavy atom. The number of alkyl halides is 3. The van der Waals surface area contributed by atoms with Crippen LogP contribution in [0.2, 0.25) is 5.02 Å². The van der Waals surface area contributed by atoms with Crippen molar-refractivity contribution in [3.63, 3.8) is 0 Å². The van der Waals surface area contributed by atoms with Gasteiger partial charge in [-0.2, -0.15) is 13.2 Å². The van der Waals surface area contributed by atoms with Crippen LogP contribution in [0.15, 0.2) is 77.8 Å². The molecule has 0 fully saturated rings. The molecule has 3 aromatic rings. The van der Waals surface area contributed by atoms with Gasteiger partial charge in [0.15, 0.2) is 0 Å². The molecule has 30 heavy (non-hydrogen) atoms. The van der Waals surface area contributed by atoms with Crippen LogP contribution in [0.3, 0.4) is 0 Å². The molecule has 4 N–H and O–H groups in total. The van der Waals surface area contributed by atoms with Crippen molar-refractivity contribution in [1.82, 2.24) is 0 Å². The molecular formula is C22H18ClF3N4. The van der Waals surface area contributed by atoms with Crippen molar-refractivity contribution in [2.24, 2.45) is 10.7 Å². The van der Waals surface area contributed by atoms with Crippen molar-refractivity contribution in [3.05, 3.63) is 88.9 Å². The Kier molecular flexibility index (Phi) is 5.17. The van der Waals surface area contributed by atoms with Crippen LogP contribution in [-0.4, -0.2) is 11.5 Å². The van der Waals surface area contributed by atoms with Gasteiger partial charge in [-0.15, -0.1) is 0 Å². The number of nitrogens with one attached hydrogen (secondary N) is 2. The van der Waals surface area contributed by atoms with Gasteiger partial charge in [-0.1, -0.05) is 35.9 Å². The van der Waals surface area contributed by atoms with Gasteiger partial charge in [0.2, 0.25) is 0 Å². The summed E-state index contributed by atoms with van der Waals surface area (Å²) in [5.41, 5.74) is 7.73. The molecule has 0 aliphatic carbocycles. The Labute approximate surface area is 176 Å². The number of nitrogens with zero attached hydrogens (tertiary/aromatic N) is 1. The van der Waals surface area contributed by atoms with Gasteiger partial charge in [0, 0.05) is 17.1 Å². The third-order valence-corrected chi connectivity index (χ3v) is 5.04. The molecule has 0 spiro atoms. The Morgan fingerprint density at radius 2 is 1.63 bits per heavy atom.